The van der Waals surface area contributed by atoms with E-state index in [0.29, 0.717) is 36.2 Å². The van der Waals surface area contributed by atoms with E-state index in [1.54, 1.807) is 19.2 Å². The maximum atomic E-state index is 10.6. The number of hydrogen-bond donors (Lipinski definition) is 1. The lowest BCUT2D eigenvalue weighted by atomic mass is 9.67. The topological polar surface area (TPSA) is 68.4 Å². The summed E-state index contributed by atoms with van der Waals surface area (Å²) in [5.41, 5.74) is -0.0243. The molecule has 1 aromatic heterocycles. The second-order valence-electron chi connectivity index (χ2n) is 5.13. The summed E-state index contributed by atoms with van der Waals surface area (Å²) >= 11 is 5.96. The maximum absolute atomic E-state index is 10.6. The van der Waals surface area contributed by atoms with E-state index in [2.05, 4.69) is 10.1 Å². The largest absolute Gasteiger partial charge is 0.385 e. The summed E-state index contributed by atoms with van der Waals surface area (Å²) in [4.78, 5) is 4.26. The van der Waals surface area contributed by atoms with Gasteiger partial charge >= 0.3 is 0 Å². The van der Waals surface area contributed by atoms with Gasteiger partial charge in [-0.2, -0.15) is 4.98 Å². The molecule has 6 heteroatoms. The standard InChI is InChI=1S/C14H15ClN2O3/c1-19-8-12-16-13(20-17-12)9-6-14(18,7-9)10-3-2-4-11(15)5-10/h2-5,9,18H,6-8H2,1H3. The summed E-state index contributed by atoms with van der Waals surface area (Å²) in [5, 5.41) is 15.0. The number of halogens is 1. The number of rotatable bonds is 4. The fraction of sp³-hybridized carbons (Fsp3) is 0.429. The molecule has 2 aromatic rings. The summed E-state index contributed by atoms with van der Waals surface area (Å²) < 4.78 is 10.1. The van der Waals surface area contributed by atoms with E-state index in [-0.39, 0.29) is 5.92 Å². The SMILES string of the molecule is COCc1noc(C2CC(O)(c3cccc(Cl)c3)C2)n1. The van der Waals surface area contributed by atoms with E-state index < -0.39 is 5.60 Å². The molecule has 1 fully saturated rings. The molecule has 1 aliphatic rings. The van der Waals surface area contributed by atoms with Crippen LogP contribution in [0, 0.1) is 0 Å². The van der Waals surface area contributed by atoms with Crippen LogP contribution in [0.15, 0.2) is 28.8 Å². The molecule has 1 heterocycles. The summed E-state index contributed by atoms with van der Waals surface area (Å²) in [6, 6.07) is 7.31. The Morgan fingerprint density at radius 2 is 2.30 bits per heavy atom. The number of aromatic nitrogens is 2. The number of aliphatic hydroxyl groups is 1. The van der Waals surface area contributed by atoms with Crippen LogP contribution in [0.5, 0.6) is 0 Å². The highest BCUT2D eigenvalue weighted by molar-refractivity contribution is 6.30. The first-order chi connectivity index (χ1) is 9.60. The predicted molar refractivity (Wildman–Crippen MR) is 72.3 cm³/mol. The average molecular weight is 295 g/mol. The molecule has 0 saturated heterocycles. The molecule has 0 unspecified atom stereocenters. The van der Waals surface area contributed by atoms with Gasteiger partial charge in [0.05, 0.1) is 5.60 Å². The van der Waals surface area contributed by atoms with E-state index in [4.69, 9.17) is 20.9 Å². The Morgan fingerprint density at radius 3 is 3.00 bits per heavy atom. The summed E-state index contributed by atoms with van der Waals surface area (Å²) in [6.45, 7) is 0.328. The zero-order valence-electron chi connectivity index (χ0n) is 11.0. The predicted octanol–water partition coefficient (Wildman–Crippen LogP) is 2.63. The van der Waals surface area contributed by atoms with Crippen LogP contribution in [0.2, 0.25) is 5.02 Å². The van der Waals surface area contributed by atoms with Crippen molar-refractivity contribution in [2.75, 3.05) is 7.11 Å². The van der Waals surface area contributed by atoms with Gasteiger partial charge in [0.25, 0.3) is 0 Å². The van der Waals surface area contributed by atoms with Gasteiger partial charge in [-0.25, -0.2) is 0 Å². The van der Waals surface area contributed by atoms with Crippen LogP contribution in [0.4, 0.5) is 0 Å². The molecular weight excluding hydrogens is 280 g/mol. The van der Waals surface area contributed by atoms with Crippen molar-refractivity contribution < 1.29 is 14.4 Å². The molecule has 0 radical (unpaired) electrons. The third kappa shape index (κ3) is 2.44. The molecule has 0 bridgehead atoms. The molecule has 0 atom stereocenters. The Labute approximate surface area is 121 Å². The van der Waals surface area contributed by atoms with Crippen LogP contribution in [-0.4, -0.2) is 22.4 Å². The molecule has 1 aromatic carbocycles. The monoisotopic (exact) mass is 294 g/mol. The van der Waals surface area contributed by atoms with Crippen molar-refractivity contribution in [2.45, 2.75) is 31.0 Å². The minimum Gasteiger partial charge on any atom is -0.385 e. The maximum Gasteiger partial charge on any atom is 0.230 e. The van der Waals surface area contributed by atoms with Crippen molar-refractivity contribution in [3.63, 3.8) is 0 Å². The van der Waals surface area contributed by atoms with Crippen molar-refractivity contribution in [2.24, 2.45) is 0 Å². The molecule has 1 N–H and O–H groups in total. The first kappa shape index (κ1) is 13.5. The van der Waals surface area contributed by atoms with E-state index in [0.717, 1.165) is 5.56 Å². The van der Waals surface area contributed by atoms with Gasteiger partial charge in [-0.1, -0.05) is 28.9 Å². The van der Waals surface area contributed by atoms with Gasteiger partial charge in [0.15, 0.2) is 5.82 Å². The lowest BCUT2D eigenvalue weighted by molar-refractivity contribution is -0.0617. The van der Waals surface area contributed by atoms with Gasteiger partial charge in [-0.15, -0.1) is 0 Å². The molecule has 20 heavy (non-hydrogen) atoms. The lowest BCUT2D eigenvalue weighted by Gasteiger charge is -2.42. The fourth-order valence-electron chi connectivity index (χ4n) is 2.56. The van der Waals surface area contributed by atoms with Crippen molar-refractivity contribution >= 4 is 11.6 Å². The molecule has 3 rings (SSSR count). The zero-order valence-corrected chi connectivity index (χ0v) is 11.8. The van der Waals surface area contributed by atoms with Gasteiger partial charge in [0.1, 0.15) is 6.61 Å². The molecule has 0 amide bonds. The van der Waals surface area contributed by atoms with Crippen molar-refractivity contribution in [1.29, 1.82) is 0 Å². The summed E-state index contributed by atoms with van der Waals surface area (Å²) in [7, 11) is 1.58. The molecule has 0 aliphatic heterocycles. The Bertz CT molecular complexity index is 608. The molecular formula is C14H15ClN2O3. The molecule has 0 spiro atoms. The molecule has 5 nitrogen and oxygen atoms in total. The highest BCUT2D eigenvalue weighted by Gasteiger charge is 2.47. The van der Waals surface area contributed by atoms with E-state index >= 15 is 0 Å². The second kappa shape index (κ2) is 5.16. The van der Waals surface area contributed by atoms with Crippen molar-refractivity contribution in [1.82, 2.24) is 10.1 Å². The van der Waals surface area contributed by atoms with Gasteiger partial charge in [-0.05, 0) is 30.5 Å². The van der Waals surface area contributed by atoms with E-state index in [9.17, 15) is 5.11 Å². The minimum atomic E-state index is -0.856. The number of hydrogen-bond acceptors (Lipinski definition) is 5. The fourth-order valence-corrected chi connectivity index (χ4v) is 2.76. The highest BCUT2D eigenvalue weighted by Crippen LogP contribution is 2.50. The molecule has 1 saturated carbocycles. The second-order valence-corrected chi connectivity index (χ2v) is 5.57. The zero-order chi connectivity index (χ0) is 14.2. The minimum absolute atomic E-state index is 0.0806. The van der Waals surface area contributed by atoms with E-state index in [1.165, 1.54) is 0 Å². The Balaban J connectivity index is 1.70. The van der Waals surface area contributed by atoms with Crippen LogP contribution in [0.1, 0.15) is 36.0 Å². The first-order valence-electron chi connectivity index (χ1n) is 6.40. The highest BCUT2D eigenvalue weighted by atomic mass is 35.5. The third-order valence-corrected chi connectivity index (χ3v) is 3.87. The van der Waals surface area contributed by atoms with Gasteiger partial charge in [0.2, 0.25) is 5.89 Å². The van der Waals surface area contributed by atoms with Crippen LogP contribution < -0.4 is 0 Å². The average Bonchev–Trinajstić information content (AvgIpc) is 2.84. The van der Waals surface area contributed by atoms with Gasteiger partial charge in [-0.3, -0.25) is 0 Å². The van der Waals surface area contributed by atoms with Crippen LogP contribution in [0.3, 0.4) is 0 Å². The van der Waals surface area contributed by atoms with Crippen molar-refractivity contribution in [3.8, 4) is 0 Å². The molecule has 106 valence electrons. The molecule has 1 aliphatic carbocycles. The van der Waals surface area contributed by atoms with Crippen LogP contribution >= 0.6 is 11.6 Å². The van der Waals surface area contributed by atoms with Crippen LogP contribution in [0.25, 0.3) is 0 Å². The summed E-state index contributed by atoms with van der Waals surface area (Å²) in [5.74, 6) is 1.17. The number of nitrogens with zero attached hydrogens (tertiary/aromatic N) is 2. The Hall–Kier alpha value is -1.43. The smallest absolute Gasteiger partial charge is 0.230 e. The third-order valence-electron chi connectivity index (χ3n) is 3.64. The summed E-state index contributed by atoms with van der Waals surface area (Å²) in [6.07, 6.45) is 1.11. The van der Waals surface area contributed by atoms with Gasteiger partial charge < -0.3 is 14.4 Å². The lowest BCUT2D eigenvalue weighted by Crippen LogP contribution is -2.39. The first-order valence-corrected chi connectivity index (χ1v) is 6.78. The normalized spacial score (nSPS) is 25.4. The number of methoxy groups -OCH3 is 1. The van der Waals surface area contributed by atoms with E-state index in [1.807, 2.05) is 12.1 Å². The quantitative estimate of drug-likeness (QED) is 0.939. The Kier molecular flexibility index (Phi) is 3.50. The van der Waals surface area contributed by atoms with Gasteiger partial charge in [0, 0.05) is 18.1 Å². The number of benzene rings is 1. The van der Waals surface area contributed by atoms with Crippen LogP contribution in [-0.2, 0) is 16.9 Å². The number of ether oxygens (including phenoxy) is 1. The Morgan fingerprint density at radius 1 is 1.50 bits per heavy atom. The van der Waals surface area contributed by atoms with Crippen molar-refractivity contribution in [3.05, 3.63) is 46.6 Å².